The van der Waals surface area contributed by atoms with Crippen molar-refractivity contribution in [2.24, 2.45) is 23.4 Å². The lowest BCUT2D eigenvalue weighted by Gasteiger charge is -1.89. The standard InChI is InChI=1S/2C4H8N4O2/c2*5-7-3(9)1-2-4(10)8-6/h2*1-2H,5-6H2,(H,7,9)(H,8,10)/b2*2-1-. The van der Waals surface area contributed by atoms with E-state index < -0.39 is 23.6 Å². The van der Waals surface area contributed by atoms with E-state index in [2.05, 4.69) is 23.4 Å². The number of carbonyl (C=O) groups is 4. The molecule has 0 saturated carbocycles. The van der Waals surface area contributed by atoms with E-state index in [4.69, 9.17) is 0 Å². The van der Waals surface area contributed by atoms with Gasteiger partial charge in [0.15, 0.2) is 0 Å². The second kappa shape index (κ2) is 12.7. The fraction of sp³-hybridized carbons (Fsp3) is 0. The molecule has 0 aliphatic heterocycles. The number of amides is 4. The molecule has 0 rings (SSSR count). The molecule has 0 aliphatic carbocycles. The minimum atomic E-state index is -0.566. The number of hydrazine groups is 4. The van der Waals surface area contributed by atoms with E-state index in [1.165, 1.54) is 0 Å². The topological polar surface area (TPSA) is 220 Å². The maximum Gasteiger partial charge on any atom is 0.258 e. The molecule has 20 heavy (non-hydrogen) atoms. The van der Waals surface area contributed by atoms with E-state index in [-0.39, 0.29) is 0 Å². The molecule has 4 amide bonds. The highest BCUT2D eigenvalue weighted by atomic mass is 16.2. The first-order chi connectivity index (χ1) is 9.40. The third kappa shape index (κ3) is 13.3. The lowest BCUT2D eigenvalue weighted by molar-refractivity contribution is -0.118. The van der Waals surface area contributed by atoms with Crippen LogP contribution in [0.3, 0.4) is 0 Å². The molecule has 0 radical (unpaired) electrons. The summed E-state index contributed by atoms with van der Waals surface area (Å²) in [6.45, 7) is 0. The smallest absolute Gasteiger partial charge is 0.258 e. The molecular weight excluding hydrogens is 272 g/mol. The zero-order valence-corrected chi connectivity index (χ0v) is 10.3. The molecule has 0 aromatic carbocycles. The summed E-state index contributed by atoms with van der Waals surface area (Å²) in [5, 5.41) is 0. The predicted molar refractivity (Wildman–Crippen MR) is 67.6 cm³/mol. The quantitative estimate of drug-likeness (QED) is 0.108. The summed E-state index contributed by atoms with van der Waals surface area (Å²) in [7, 11) is 0. The minimum Gasteiger partial charge on any atom is -0.291 e. The third-order valence-corrected chi connectivity index (χ3v) is 1.34. The van der Waals surface area contributed by atoms with Crippen LogP contribution in [0, 0.1) is 0 Å². The van der Waals surface area contributed by atoms with Crippen LogP contribution in [-0.2, 0) is 19.2 Å². The Morgan fingerprint density at radius 2 is 0.650 bits per heavy atom. The molecule has 12 heteroatoms. The Hall–Kier alpha value is -2.80. The fourth-order valence-corrected chi connectivity index (χ4v) is 0.495. The van der Waals surface area contributed by atoms with Crippen LogP contribution in [0.25, 0.3) is 0 Å². The lowest BCUT2D eigenvalue weighted by atomic mass is 10.4. The molecule has 0 atom stereocenters. The van der Waals surface area contributed by atoms with Crippen molar-refractivity contribution >= 4 is 23.6 Å². The molecule has 112 valence electrons. The van der Waals surface area contributed by atoms with Gasteiger partial charge in [-0.05, 0) is 0 Å². The fourth-order valence-electron chi connectivity index (χ4n) is 0.495. The van der Waals surface area contributed by atoms with Gasteiger partial charge in [0.2, 0.25) is 0 Å². The molecule has 0 saturated heterocycles. The highest BCUT2D eigenvalue weighted by Gasteiger charge is 1.92. The van der Waals surface area contributed by atoms with Crippen molar-refractivity contribution in [1.82, 2.24) is 21.7 Å². The van der Waals surface area contributed by atoms with Crippen LogP contribution in [0.1, 0.15) is 0 Å². The second-order valence-corrected chi connectivity index (χ2v) is 2.70. The Morgan fingerprint density at radius 1 is 0.500 bits per heavy atom. The van der Waals surface area contributed by atoms with E-state index >= 15 is 0 Å². The van der Waals surface area contributed by atoms with Crippen molar-refractivity contribution in [2.75, 3.05) is 0 Å². The highest BCUT2D eigenvalue weighted by Crippen LogP contribution is 1.70. The maximum absolute atomic E-state index is 10.3. The van der Waals surface area contributed by atoms with Gasteiger partial charge in [0.1, 0.15) is 0 Å². The molecular formula is C8H16N8O4. The average molecular weight is 288 g/mol. The number of rotatable bonds is 4. The summed E-state index contributed by atoms with van der Waals surface area (Å²) in [6, 6.07) is 0. The van der Waals surface area contributed by atoms with Crippen LogP contribution in [0.5, 0.6) is 0 Å². The van der Waals surface area contributed by atoms with Gasteiger partial charge in [-0.2, -0.15) is 0 Å². The second-order valence-electron chi connectivity index (χ2n) is 2.70. The summed E-state index contributed by atoms with van der Waals surface area (Å²) < 4.78 is 0. The van der Waals surface area contributed by atoms with Crippen LogP contribution in [-0.4, -0.2) is 23.6 Å². The summed E-state index contributed by atoms with van der Waals surface area (Å²) in [4.78, 5) is 41.2. The Labute approximate surface area is 113 Å². The van der Waals surface area contributed by atoms with Gasteiger partial charge >= 0.3 is 0 Å². The zero-order chi connectivity index (χ0) is 16.0. The van der Waals surface area contributed by atoms with Crippen molar-refractivity contribution in [3.05, 3.63) is 24.3 Å². The van der Waals surface area contributed by atoms with E-state index in [0.717, 1.165) is 24.3 Å². The van der Waals surface area contributed by atoms with Crippen molar-refractivity contribution in [3.63, 3.8) is 0 Å². The Morgan fingerprint density at radius 3 is 0.750 bits per heavy atom. The van der Waals surface area contributed by atoms with Gasteiger partial charge < -0.3 is 0 Å². The van der Waals surface area contributed by atoms with E-state index in [0.29, 0.717) is 0 Å². The number of hydrogen-bond acceptors (Lipinski definition) is 8. The summed E-state index contributed by atoms with van der Waals surface area (Å²) in [6.07, 6.45) is 3.84. The normalized spacial score (nSPS) is 9.40. The van der Waals surface area contributed by atoms with Gasteiger partial charge in [-0.3, -0.25) is 40.9 Å². The molecule has 0 bridgehead atoms. The first kappa shape index (κ1) is 19.5. The van der Waals surface area contributed by atoms with E-state index in [1.54, 1.807) is 21.7 Å². The van der Waals surface area contributed by atoms with Gasteiger partial charge in [0.25, 0.3) is 23.6 Å². The van der Waals surface area contributed by atoms with Crippen molar-refractivity contribution < 1.29 is 19.2 Å². The molecule has 0 spiro atoms. The number of hydrogen-bond donors (Lipinski definition) is 8. The predicted octanol–water partition coefficient (Wildman–Crippen LogP) is -4.96. The van der Waals surface area contributed by atoms with Gasteiger partial charge in [-0.25, -0.2) is 23.4 Å². The molecule has 12 N–H and O–H groups in total. The van der Waals surface area contributed by atoms with Crippen LogP contribution >= 0.6 is 0 Å². The van der Waals surface area contributed by atoms with Crippen molar-refractivity contribution in [1.29, 1.82) is 0 Å². The molecule has 0 heterocycles. The maximum atomic E-state index is 10.3. The summed E-state index contributed by atoms with van der Waals surface area (Å²) in [5.74, 6) is 16.5. The largest absolute Gasteiger partial charge is 0.291 e. The number of carbonyl (C=O) groups excluding carboxylic acids is 4. The average Bonchev–Trinajstić information content (AvgIpc) is 2.49. The summed E-state index contributed by atoms with van der Waals surface area (Å²) in [5.41, 5.74) is 7.19. The van der Waals surface area contributed by atoms with Crippen molar-refractivity contribution in [3.8, 4) is 0 Å². The SMILES string of the molecule is NNC(=O)/C=C\C(=O)NN.NNC(=O)/C=C\C(=O)NN. The Balaban J connectivity index is 0. The first-order valence-corrected chi connectivity index (χ1v) is 4.79. The summed E-state index contributed by atoms with van der Waals surface area (Å²) >= 11 is 0. The van der Waals surface area contributed by atoms with E-state index in [9.17, 15) is 19.2 Å². The Bertz CT molecular complexity index is 331. The highest BCUT2D eigenvalue weighted by molar-refractivity contribution is 5.96. The van der Waals surface area contributed by atoms with Gasteiger partial charge in [0.05, 0.1) is 0 Å². The third-order valence-electron chi connectivity index (χ3n) is 1.34. The molecule has 0 fully saturated rings. The van der Waals surface area contributed by atoms with Crippen LogP contribution in [0.15, 0.2) is 24.3 Å². The van der Waals surface area contributed by atoms with Gasteiger partial charge in [-0.1, -0.05) is 0 Å². The molecule has 0 aliphatic rings. The molecule has 0 aromatic heterocycles. The monoisotopic (exact) mass is 288 g/mol. The Kier molecular flexibility index (Phi) is 12.4. The van der Waals surface area contributed by atoms with Gasteiger partial charge in [0, 0.05) is 24.3 Å². The first-order valence-electron chi connectivity index (χ1n) is 4.79. The minimum absolute atomic E-state index is 0.566. The van der Waals surface area contributed by atoms with Crippen LogP contribution in [0.2, 0.25) is 0 Å². The molecule has 0 aromatic rings. The van der Waals surface area contributed by atoms with Crippen molar-refractivity contribution in [2.45, 2.75) is 0 Å². The number of nitrogens with one attached hydrogen (secondary N) is 4. The zero-order valence-electron chi connectivity index (χ0n) is 10.3. The van der Waals surface area contributed by atoms with Crippen LogP contribution in [0.4, 0.5) is 0 Å². The molecule has 0 unspecified atom stereocenters. The number of nitrogens with two attached hydrogens (primary N) is 4. The van der Waals surface area contributed by atoms with E-state index in [1.807, 2.05) is 0 Å². The van der Waals surface area contributed by atoms with Gasteiger partial charge in [-0.15, -0.1) is 0 Å². The lowest BCUT2D eigenvalue weighted by Crippen LogP contribution is -2.30. The molecule has 12 nitrogen and oxygen atoms in total. The van der Waals surface area contributed by atoms with Crippen LogP contribution < -0.4 is 45.1 Å².